The fourth-order valence-corrected chi connectivity index (χ4v) is 8.01. The van der Waals surface area contributed by atoms with Crippen molar-refractivity contribution in [2.75, 3.05) is 0 Å². The first-order chi connectivity index (χ1) is 22.3. The molecule has 1 heterocycles. The highest BCUT2D eigenvalue weighted by molar-refractivity contribution is 7.95. The number of rotatable bonds is 14. The zero-order valence-electron chi connectivity index (χ0n) is 29.7. The predicted octanol–water partition coefficient (Wildman–Crippen LogP) is 11.0. The molecule has 1 aliphatic heterocycles. The van der Waals surface area contributed by atoms with Crippen LogP contribution in [0.1, 0.15) is 94.5 Å². The van der Waals surface area contributed by atoms with E-state index >= 15 is 0 Å². The molecule has 3 aromatic carbocycles. The summed E-state index contributed by atoms with van der Waals surface area (Å²) in [5.41, 5.74) is 6.41. The first-order valence-corrected chi connectivity index (χ1v) is 18.6. The van der Waals surface area contributed by atoms with Crippen molar-refractivity contribution in [1.29, 1.82) is 0 Å². The molecule has 252 valence electrons. The molecule has 0 saturated carbocycles. The van der Waals surface area contributed by atoms with E-state index < -0.39 is 15.4 Å². The van der Waals surface area contributed by atoms with Crippen LogP contribution in [0, 0.1) is 32.6 Å². The van der Waals surface area contributed by atoms with Crippen LogP contribution in [0.2, 0.25) is 0 Å². The second-order valence-corrected chi connectivity index (χ2v) is 15.8. The summed E-state index contributed by atoms with van der Waals surface area (Å²) < 4.78 is 41.3. The van der Waals surface area contributed by atoms with Crippen LogP contribution in [-0.4, -0.2) is 14.0 Å². The monoisotopic (exact) mass is 654 g/mol. The van der Waals surface area contributed by atoms with E-state index in [-0.39, 0.29) is 5.92 Å². The molecule has 0 aliphatic carbocycles. The summed E-state index contributed by atoms with van der Waals surface area (Å²) in [4.78, 5) is 0.758. The maximum atomic E-state index is 14.0. The van der Waals surface area contributed by atoms with Gasteiger partial charge in [0.2, 0.25) is 9.84 Å². The lowest BCUT2D eigenvalue weighted by atomic mass is 9.85. The topological polar surface area (TPSA) is 52.6 Å². The highest BCUT2D eigenvalue weighted by atomic mass is 32.2. The van der Waals surface area contributed by atoms with E-state index in [0.717, 1.165) is 65.9 Å². The lowest BCUT2D eigenvalue weighted by Gasteiger charge is -2.38. The zero-order chi connectivity index (χ0) is 34.2. The highest BCUT2D eigenvalue weighted by Crippen LogP contribution is 2.45. The average molecular weight is 655 g/mol. The van der Waals surface area contributed by atoms with Gasteiger partial charge in [-0.15, -0.1) is 0 Å². The third-order valence-electron chi connectivity index (χ3n) is 9.51. The SMILES string of the molecule is CC(C)=CCC[C@@H](C)CC=C[C@@H](C)C(=CC[C@]1(C)CCc2c(C)c(OCc3ccccc3)c(C)c(C)c2O1)S(=O)(=O)c1ccccc1. The Balaban J connectivity index is 1.57. The van der Waals surface area contributed by atoms with Crippen LogP contribution in [0.15, 0.2) is 100 Å². The van der Waals surface area contributed by atoms with Crippen LogP contribution >= 0.6 is 0 Å². The van der Waals surface area contributed by atoms with Crippen molar-refractivity contribution in [2.24, 2.45) is 11.8 Å². The van der Waals surface area contributed by atoms with Gasteiger partial charge in [-0.3, -0.25) is 0 Å². The smallest absolute Gasteiger partial charge is 0.203 e. The number of ether oxygens (including phenoxy) is 2. The molecule has 3 atom stereocenters. The minimum atomic E-state index is -3.69. The Morgan fingerprint density at radius 3 is 2.26 bits per heavy atom. The van der Waals surface area contributed by atoms with E-state index in [4.69, 9.17) is 9.47 Å². The maximum absolute atomic E-state index is 14.0. The maximum Gasteiger partial charge on any atom is 0.203 e. The van der Waals surface area contributed by atoms with Crippen LogP contribution in [0.5, 0.6) is 11.5 Å². The summed E-state index contributed by atoms with van der Waals surface area (Å²) in [6.07, 6.45) is 13.7. The zero-order valence-corrected chi connectivity index (χ0v) is 30.5. The van der Waals surface area contributed by atoms with Crippen LogP contribution in [-0.2, 0) is 22.9 Å². The van der Waals surface area contributed by atoms with Gasteiger partial charge in [-0.1, -0.05) is 92.3 Å². The average Bonchev–Trinajstić information content (AvgIpc) is 3.04. The van der Waals surface area contributed by atoms with Gasteiger partial charge in [0.05, 0.1) is 9.80 Å². The van der Waals surface area contributed by atoms with E-state index in [9.17, 15) is 8.42 Å². The molecule has 0 aromatic heterocycles. The quantitative estimate of drug-likeness (QED) is 0.162. The van der Waals surface area contributed by atoms with Crippen LogP contribution in [0.25, 0.3) is 0 Å². The second-order valence-electron chi connectivity index (χ2n) is 13.9. The van der Waals surface area contributed by atoms with E-state index in [2.05, 4.69) is 78.8 Å². The third kappa shape index (κ3) is 9.28. The molecule has 0 amide bonds. The minimum absolute atomic E-state index is 0.264. The lowest BCUT2D eigenvalue weighted by Crippen LogP contribution is -2.37. The Labute approximate surface area is 284 Å². The Hall–Kier alpha value is -3.57. The van der Waals surface area contributed by atoms with Gasteiger partial charge in [-0.25, -0.2) is 8.42 Å². The second kappa shape index (κ2) is 16.0. The van der Waals surface area contributed by atoms with E-state index in [0.29, 0.717) is 28.7 Å². The molecule has 0 fully saturated rings. The van der Waals surface area contributed by atoms with E-state index in [1.165, 1.54) is 11.1 Å². The summed E-state index contributed by atoms with van der Waals surface area (Å²) in [7, 11) is -3.69. The van der Waals surface area contributed by atoms with Gasteiger partial charge in [-0.2, -0.15) is 0 Å². The Morgan fingerprint density at radius 1 is 0.936 bits per heavy atom. The Bertz CT molecular complexity index is 1700. The van der Waals surface area contributed by atoms with Gasteiger partial charge in [-0.05, 0) is 114 Å². The minimum Gasteiger partial charge on any atom is -0.488 e. The number of fused-ring (bicyclic) bond motifs is 1. The van der Waals surface area contributed by atoms with Gasteiger partial charge >= 0.3 is 0 Å². The number of hydrogen-bond acceptors (Lipinski definition) is 4. The molecule has 0 spiro atoms. The van der Waals surface area contributed by atoms with Gasteiger partial charge in [0.25, 0.3) is 0 Å². The molecular formula is C42H54O4S. The summed E-state index contributed by atoms with van der Waals surface area (Å²) in [5, 5.41) is 0. The van der Waals surface area contributed by atoms with Gasteiger partial charge in [0, 0.05) is 17.9 Å². The molecule has 1 aliphatic rings. The number of hydrogen-bond donors (Lipinski definition) is 0. The van der Waals surface area contributed by atoms with Crippen molar-refractivity contribution in [3.63, 3.8) is 0 Å². The predicted molar refractivity (Wildman–Crippen MR) is 196 cm³/mol. The molecule has 3 aromatic rings. The molecule has 4 nitrogen and oxygen atoms in total. The Kier molecular flexibility index (Phi) is 12.4. The largest absolute Gasteiger partial charge is 0.488 e. The number of sulfone groups is 1. The first-order valence-electron chi connectivity index (χ1n) is 17.1. The van der Waals surface area contributed by atoms with Crippen molar-refractivity contribution in [3.8, 4) is 11.5 Å². The summed E-state index contributed by atoms with van der Waals surface area (Å²) in [5.74, 6) is 2.11. The van der Waals surface area contributed by atoms with Crippen molar-refractivity contribution < 1.29 is 17.9 Å². The van der Waals surface area contributed by atoms with Crippen molar-refractivity contribution in [1.82, 2.24) is 0 Å². The first kappa shape index (κ1) is 36.3. The molecule has 0 bridgehead atoms. The molecule has 5 heteroatoms. The molecule has 47 heavy (non-hydrogen) atoms. The van der Waals surface area contributed by atoms with E-state index in [1.54, 1.807) is 24.3 Å². The van der Waals surface area contributed by atoms with Crippen molar-refractivity contribution in [2.45, 2.75) is 111 Å². The van der Waals surface area contributed by atoms with Crippen LogP contribution < -0.4 is 9.47 Å². The normalized spacial score (nSPS) is 17.9. The fourth-order valence-electron chi connectivity index (χ4n) is 6.35. The number of allylic oxidation sites excluding steroid dienone is 5. The summed E-state index contributed by atoms with van der Waals surface area (Å²) in [6, 6.07) is 19.0. The molecular weight excluding hydrogens is 601 g/mol. The summed E-state index contributed by atoms with van der Waals surface area (Å²) in [6.45, 7) is 17.5. The van der Waals surface area contributed by atoms with Gasteiger partial charge < -0.3 is 9.47 Å². The van der Waals surface area contributed by atoms with Crippen molar-refractivity contribution >= 4 is 9.84 Å². The molecule has 0 saturated heterocycles. The van der Waals surface area contributed by atoms with Crippen LogP contribution in [0.3, 0.4) is 0 Å². The molecule has 0 N–H and O–H groups in total. The van der Waals surface area contributed by atoms with Crippen LogP contribution in [0.4, 0.5) is 0 Å². The molecule has 4 rings (SSSR count). The van der Waals surface area contributed by atoms with Gasteiger partial charge in [0.1, 0.15) is 23.7 Å². The Morgan fingerprint density at radius 2 is 1.60 bits per heavy atom. The summed E-state index contributed by atoms with van der Waals surface area (Å²) >= 11 is 0. The third-order valence-corrected chi connectivity index (χ3v) is 11.6. The standard InChI is InChI=1S/C42H54O4S/c1-30(2)17-15-18-31(3)19-16-20-32(4)39(47(43,44)37-23-13-10-14-24-37)26-28-42(8)27-25-38-35(7)40(33(5)34(6)41(38)46-42)45-29-36-21-11-9-12-22-36/h9-14,16-17,20-24,26,31-32H,15,18-19,25,27-29H2,1-8H3/t31-,32-,42+/m1/s1. The highest BCUT2D eigenvalue weighted by Gasteiger charge is 2.35. The van der Waals surface area contributed by atoms with Crippen molar-refractivity contribution in [3.05, 3.63) is 123 Å². The molecule has 0 radical (unpaired) electrons. The molecule has 0 unspecified atom stereocenters. The van der Waals surface area contributed by atoms with E-state index in [1.807, 2.05) is 37.3 Å². The fraction of sp³-hybridized carbons (Fsp3) is 0.429. The number of benzene rings is 3. The van der Waals surface area contributed by atoms with Gasteiger partial charge in [0.15, 0.2) is 0 Å². The lowest BCUT2D eigenvalue weighted by molar-refractivity contribution is 0.0664.